The smallest absolute Gasteiger partial charge is 0.462 e. The van der Waals surface area contributed by atoms with Crippen molar-refractivity contribution in [1.82, 2.24) is 0 Å². The number of carbonyl (C=O) groups is 4. The van der Waals surface area contributed by atoms with Gasteiger partial charge >= 0.3 is 39.5 Å². The number of phosphoric acid groups is 2. The van der Waals surface area contributed by atoms with Crippen LogP contribution in [0.2, 0.25) is 0 Å². The van der Waals surface area contributed by atoms with E-state index in [9.17, 15) is 43.2 Å². The highest BCUT2D eigenvalue weighted by molar-refractivity contribution is 7.47. The van der Waals surface area contributed by atoms with Gasteiger partial charge in [0.05, 0.1) is 26.4 Å². The molecule has 5 atom stereocenters. The van der Waals surface area contributed by atoms with Gasteiger partial charge in [-0.1, -0.05) is 363 Å². The third kappa shape index (κ3) is 74.1. The maximum absolute atomic E-state index is 13.1. The molecule has 99 heavy (non-hydrogen) atoms. The summed E-state index contributed by atoms with van der Waals surface area (Å²) in [6.07, 6.45) is 58.3. The minimum Gasteiger partial charge on any atom is -0.462 e. The first kappa shape index (κ1) is 97.1. The highest BCUT2D eigenvalue weighted by atomic mass is 31.2. The number of carbonyl (C=O) groups excluding carboxylic acids is 4. The van der Waals surface area contributed by atoms with Gasteiger partial charge in [-0.05, 0) is 43.4 Å². The minimum atomic E-state index is -4.96. The Morgan fingerprint density at radius 1 is 0.273 bits per heavy atom. The molecule has 0 aromatic rings. The van der Waals surface area contributed by atoms with Crippen LogP contribution in [0.5, 0.6) is 0 Å². The zero-order valence-corrected chi connectivity index (χ0v) is 66.8. The maximum Gasteiger partial charge on any atom is 0.472 e. The zero-order chi connectivity index (χ0) is 73.0. The Morgan fingerprint density at radius 3 is 0.687 bits per heavy atom. The van der Waals surface area contributed by atoms with Gasteiger partial charge in [0, 0.05) is 25.7 Å². The molecule has 0 amide bonds. The van der Waals surface area contributed by atoms with Gasteiger partial charge in [0.25, 0.3) is 0 Å². The average molecular weight is 1450 g/mol. The number of ether oxygens (including phenoxy) is 4. The van der Waals surface area contributed by atoms with Crippen LogP contribution < -0.4 is 0 Å². The highest BCUT2D eigenvalue weighted by Gasteiger charge is 2.30. The van der Waals surface area contributed by atoms with Gasteiger partial charge in [0.2, 0.25) is 0 Å². The Kier molecular flexibility index (Phi) is 69.0. The lowest BCUT2D eigenvalue weighted by atomic mass is 10.0. The van der Waals surface area contributed by atoms with Gasteiger partial charge in [-0.3, -0.25) is 37.3 Å². The summed E-state index contributed by atoms with van der Waals surface area (Å²) in [7, 11) is -9.92. The van der Waals surface area contributed by atoms with Crippen LogP contribution in [0.4, 0.5) is 0 Å². The molecule has 2 unspecified atom stereocenters. The first-order valence-corrected chi connectivity index (χ1v) is 44.3. The van der Waals surface area contributed by atoms with E-state index in [1.807, 2.05) is 0 Å². The molecule has 0 fully saturated rings. The molecule has 0 rings (SSSR count). The summed E-state index contributed by atoms with van der Waals surface area (Å²) >= 11 is 0. The van der Waals surface area contributed by atoms with Crippen molar-refractivity contribution in [3.63, 3.8) is 0 Å². The summed E-state index contributed by atoms with van der Waals surface area (Å²) in [5.74, 6) is 0.187. The van der Waals surface area contributed by atoms with Crippen LogP contribution in [0.15, 0.2) is 0 Å². The van der Waals surface area contributed by atoms with Crippen molar-refractivity contribution >= 4 is 39.5 Å². The van der Waals surface area contributed by atoms with Crippen molar-refractivity contribution in [2.45, 2.75) is 433 Å². The summed E-state index contributed by atoms with van der Waals surface area (Å²) in [6.45, 7) is 11.9. The lowest BCUT2D eigenvalue weighted by Gasteiger charge is -2.21. The quantitative estimate of drug-likeness (QED) is 0.0222. The lowest BCUT2D eigenvalue weighted by Crippen LogP contribution is -2.30. The monoisotopic (exact) mass is 1450 g/mol. The summed E-state index contributed by atoms with van der Waals surface area (Å²) < 4.78 is 68.7. The number of rotatable bonds is 78. The van der Waals surface area contributed by atoms with Gasteiger partial charge in [0.15, 0.2) is 12.2 Å². The molecule has 588 valence electrons. The second kappa shape index (κ2) is 70.4. The van der Waals surface area contributed by atoms with Crippen LogP contribution in [0.1, 0.15) is 414 Å². The summed E-state index contributed by atoms with van der Waals surface area (Å²) in [5, 5.41) is 10.6. The Bertz CT molecular complexity index is 1920. The molecule has 0 aromatic heterocycles. The summed E-state index contributed by atoms with van der Waals surface area (Å²) in [4.78, 5) is 73.0. The van der Waals surface area contributed by atoms with Gasteiger partial charge in [-0.25, -0.2) is 9.13 Å². The second-order valence-electron chi connectivity index (χ2n) is 30.2. The number of esters is 4. The predicted octanol–water partition coefficient (Wildman–Crippen LogP) is 23.7. The largest absolute Gasteiger partial charge is 0.472 e. The van der Waals surface area contributed by atoms with Crippen LogP contribution in [-0.4, -0.2) is 96.7 Å². The van der Waals surface area contributed by atoms with E-state index >= 15 is 0 Å². The van der Waals surface area contributed by atoms with E-state index in [4.69, 9.17) is 37.0 Å². The highest BCUT2D eigenvalue weighted by Crippen LogP contribution is 2.45. The van der Waals surface area contributed by atoms with E-state index < -0.39 is 97.5 Å². The lowest BCUT2D eigenvalue weighted by molar-refractivity contribution is -0.161. The van der Waals surface area contributed by atoms with E-state index in [-0.39, 0.29) is 25.7 Å². The molecule has 0 saturated heterocycles. The van der Waals surface area contributed by atoms with Crippen molar-refractivity contribution in [2.24, 2.45) is 17.8 Å². The topological polar surface area (TPSA) is 237 Å². The zero-order valence-electron chi connectivity index (χ0n) is 65.0. The van der Waals surface area contributed by atoms with Crippen molar-refractivity contribution < 1.29 is 80.2 Å². The van der Waals surface area contributed by atoms with Crippen molar-refractivity contribution in [3.05, 3.63) is 0 Å². The van der Waals surface area contributed by atoms with Gasteiger partial charge in [0.1, 0.15) is 19.3 Å². The van der Waals surface area contributed by atoms with E-state index in [0.717, 1.165) is 108 Å². The molecule has 19 heteroatoms. The van der Waals surface area contributed by atoms with Gasteiger partial charge in [-0.15, -0.1) is 0 Å². The SMILES string of the molecule is CCCCCCCCCCCCCCCCCC(=O)O[C@H](COC(=O)CCCCCCCCCC(C)C)COP(=O)(O)OC[C@H](O)COP(=O)(O)OC[C@@H](COC(=O)CCCCCCCCCCCCCCCC(C)C)OC(=O)CCCCCCCCCCCCCCCCCC(C)C. The third-order valence-corrected chi connectivity index (χ3v) is 20.5. The standard InChI is InChI=1S/C80H156O17P2/c1-8-9-10-11-12-13-14-15-17-23-29-34-41-49-56-63-80(85)97-76(68-91-78(83)62-55-48-43-36-39-46-53-60-73(6)7)70-95-99(88,89)93-66-74(81)65-92-98(86,87)94-69-75(67-90-77(82)61-54-47-40-33-28-25-20-22-27-32-38-45-52-59-72(4)5)96-79(84)64-57-50-42-35-30-24-19-16-18-21-26-31-37-44-51-58-71(2)3/h71-76,81H,8-70H2,1-7H3,(H,86,87)(H,88,89)/t74-,75-,76-/m1/s1. The van der Waals surface area contributed by atoms with E-state index in [0.29, 0.717) is 31.6 Å². The normalized spacial score (nSPS) is 14.0. The number of aliphatic hydroxyl groups excluding tert-OH is 1. The average Bonchev–Trinajstić information content (AvgIpc) is 1.01. The van der Waals surface area contributed by atoms with Crippen LogP contribution in [-0.2, 0) is 65.4 Å². The van der Waals surface area contributed by atoms with Crippen molar-refractivity contribution in [1.29, 1.82) is 0 Å². The minimum absolute atomic E-state index is 0.107. The molecule has 0 aliphatic rings. The molecule has 0 bridgehead atoms. The number of phosphoric ester groups is 2. The molecule has 0 spiro atoms. The molecular weight excluding hydrogens is 1290 g/mol. The molecule has 0 saturated carbocycles. The molecule has 0 radical (unpaired) electrons. The number of hydrogen-bond donors (Lipinski definition) is 3. The molecule has 0 heterocycles. The first-order valence-electron chi connectivity index (χ1n) is 41.3. The Hall–Kier alpha value is -1.94. The Balaban J connectivity index is 5.25. The van der Waals surface area contributed by atoms with E-state index in [1.54, 1.807) is 0 Å². The fraction of sp³-hybridized carbons (Fsp3) is 0.950. The fourth-order valence-corrected chi connectivity index (χ4v) is 13.9. The molecule has 3 N–H and O–H groups in total. The molecule has 17 nitrogen and oxygen atoms in total. The summed E-state index contributed by atoms with van der Waals surface area (Å²) in [6, 6.07) is 0. The van der Waals surface area contributed by atoms with Crippen molar-refractivity contribution in [3.8, 4) is 0 Å². The van der Waals surface area contributed by atoms with Crippen LogP contribution in [0.3, 0.4) is 0 Å². The third-order valence-electron chi connectivity index (χ3n) is 18.6. The Morgan fingerprint density at radius 2 is 0.465 bits per heavy atom. The molecular formula is C80H156O17P2. The van der Waals surface area contributed by atoms with Crippen LogP contribution >= 0.6 is 15.6 Å². The van der Waals surface area contributed by atoms with Gasteiger partial charge in [-0.2, -0.15) is 0 Å². The van der Waals surface area contributed by atoms with Crippen LogP contribution in [0.25, 0.3) is 0 Å². The second-order valence-corrected chi connectivity index (χ2v) is 33.1. The maximum atomic E-state index is 13.1. The van der Waals surface area contributed by atoms with Crippen LogP contribution in [0, 0.1) is 17.8 Å². The predicted molar refractivity (Wildman–Crippen MR) is 405 cm³/mol. The van der Waals surface area contributed by atoms with Gasteiger partial charge < -0.3 is 33.8 Å². The molecule has 0 aliphatic heterocycles. The number of unbranched alkanes of at least 4 members (excludes halogenated alkanes) is 46. The fourth-order valence-electron chi connectivity index (χ4n) is 12.3. The molecule has 0 aliphatic carbocycles. The number of aliphatic hydroxyl groups is 1. The van der Waals surface area contributed by atoms with E-state index in [1.165, 1.54) is 218 Å². The first-order chi connectivity index (χ1) is 47.7. The molecule has 0 aromatic carbocycles. The van der Waals surface area contributed by atoms with Crippen molar-refractivity contribution in [2.75, 3.05) is 39.6 Å². The summed E-state index contributed by atoms with van der Waals surface area (Å²) in [5.41, 5.74) is 0. The van der Waals surface area contributed by atoms with E-state index in [2.05, 4.69) is 48.5 Å². The number of hydrogen-bond acceptors (Lipinski definition) is 15. The Labute approximate surface area is 607 Å².